The molecule has 0 spiro atoms. The second kappa shape index (κ2) is 18.5. The quantitative estimate of drug-likeness (QED) is 0.110. The third-order valence-corrected chi connectivity index (χ3v) is 9.26. The number of halogens is 3. The van der Waals surface area contributed by atoms with Crippen molar-refractivity contribution in [2.45, 2.75) is 13.2 Å². The highest BCUT2D eigenvalue weighted by Gasteiger charge is 2.18. The maximum Gasteiger partial charge on any atom is 0.229 e. The number of morpholine rings is 2. The predicted molar refractivity (Wildman–Crippen MR) is 211 cm³/mol. The fraction of sp³-hybridized carbons (Fsp3) is 0.297. The molecule has 0 saturated carbocycles. The van der Waals surface area contributed by atoms with E-state index in [4.69, 9.17) is 49.3 Å². The summed E-state index contributed by atoms with van der Waals surface area (Å²) >= 11 is 17.8. The van der Waals surface area contributed by atoms with E-state index in [1.54, 1.807) is 42.7 Å². The Hall–Kier alpha value is -4.47. The molecule has 0 radical (unpaired) electrons. The van der Waals surface area contributed by atoms with Crippen LogP contribution in [0.1, 0.15) is 11.1 Å². The Kier molecular flexibility index (Phi) is 13.4. The number of nitrogens with zero attached hydrogens (tertiary/aromatic N) is 7. The summed E-state index contributed by atoms with van der Waals surface area (Å²) in [5.41, 5.74) is 6.18. The Morgan fingerprint density at radius 2 is 1.30 bits per heavy atom. The number of nitrogens with one attached hydrogen (secondary N) is 2. The summed E-state index contributed by atoms with van der Waals surface area (Å²) in [5.74, 6) is 1.71. The number of anilines is 8. The zero-order valence-electron chi connectivity index (χ0n) is 29.1. The lowest BCUT2D eigenvalue weighted by Gasteiger charge is -2.33. The van der Waals surface area contributed by atoms with Gasteiger partial charge in [0.05, 0.1) is 39.6 Å². The van der Waals surface area contributed by atoms with Crippen LogP contribution in [0.15, 0.2) is 79.1 Å². The zero-order valence-corrected chi connectivity index (χ0v) is 31.3. The van der Waals surface area contributed by atoms with Crippen LogP contribution in [-0.2, 0) is 22.7 Å². The number of aliphatic hydroxyl groups is 2. The van der Waals surface area contributed by atoms with Gasteiger partial charge in [0.1, 0.15) is 11.6 Å². The van der Waals surface area contributed by atoms with Crippen molar-refractivity contribution in [1.29, 1.82) is 0 Å². The number of aromatic nitrogens is 4. The molecule has 2 aliphatic heterocycles. The summed E-state index contributed by atoms with van der Waals surface area (Å²) < 4.78 is 11.1. The van der Waals surface area contributed by atoms with Crippen LogP contribution in [0, 0.1) is 0 Å². The van der Waals surface area contributed by atoms with Gasteiger partial charge in [0, 0.05) is 95.2 Å². The van der Waals surface area contributed by atoms with Gasteiger partial charge in [0.15, 0.2) is 0 Å². The smallest absolute Gasteiger partial charge is 0.229 e. The van der Waals surface area contributed by atoms with Crippen LogP contribution in [0.2, 0.25) is 15.3 Å². The second-order valence-corrected chi connectivity index (χ2v) is 13.3. The molecule has 2 aromatic heterocycles. The minimum atomic E-state index is -0.0916. The third-order valence-electron chi connectivity index (χ3n) is 8.61. The zero-order chi connectivity index (χ0) is 37.2. The van der Waals surface area contributed by atoms with E-state index in [-0.39, 0.29) is 18.5 Å². The van der Waals surface area contributed by atoms with Crippen LogP contribution in [0.3, 0.4) is 0 Å². The molecular weight excluding hydrogens is 741 g/mol. The van der Waals surface area contributed by atoms with Crippen molar-refractivity contribution in [3.05, 3.63) is 106 Å². The molecule has 2 fully saturated rings. The Balaban J connectivity index is 0.000000236. The SMILES string of the molecule is CN(c1ccnc(Nc2cc(N3CCOCC3)cc(N3CCOCC3)c2)n1)c1cc(Cl)ccc1CO.OCc1ccc(Cl)cc1Nc1ccnc(Cl)n1. The van der Waals surface area contributed by atoms with Crippen LogP contribution in [0.25, 0.3) is 0 Å². The molecule has 0 atom stereocenters. The van der Waals surface area contributed by atoms with Crippen molar-refractivity contribution < 1.29 is 19.7 Å². The van der Waals surface area contributed by atoms with Gasteiger partial charge < -0.3 is 45.0 Å². The fourth-order valence-corrected chi connectivity index (χ4v) is 6.34. The predicted octanol–water partition coefficient (Wildman–Crippen LogP) is 6.83. The molecule has 13 nitrogen and oxygen atoms in total. The van der Waals surface area contributed by atoms with E-state index in [1.807, 2.05) is 30.1 Å². The van der Waals surface area contributed by atoms with Gasteiger partial charge in [-0.25, -0.2) is 15.0 Å². The van der Waals surface area contributed by atoms with Crippen LogP contribution >= 0.6 is 34.8 Å². The van der Waals surface area contributed by atoms with Crippen molar-refractivity contribution in [3.8, 4) is 0 Å². The first-order valence-corrected chi connectivity index (χ1v) is 18.1. The molecule has 4 heterocycles. The van der Waals surface area contributed by atoms with E-state index in [0.29, 0.717) is 33.3 Å². The number of ether oxygens (including phenoxy) is 2. The summed E-state index contributed by atoms with van der Waals surface area (Å²) in [7, 11) is 1.90. The largest absolute Gasteiger partial charge is 0.392 e. The fourth-order valence-electron chi connectivity index (χ4n) is 5.85. The molecule has 278 valence electrons. The molecule has 2 saturated heterocycles. The molecule has 7 rings (SSSR count). The summed E-state index contributed by atoms with van der Waals surface area (Å²) in [4.78, 5) is 23.6. The highest BCUT2D eigenvalue weighted by atomic mass is 35.5. The van der Waals surface area contributed by atoms with E-state index < -0.39 is 0 Å². The second-order valence-electron chi connectivity index (χ2n) is 12.1. The number of benzene rings is 3. The number of hydrogen-bond acceptors (Lipinski definition) is 13. The molecule has 2 aliphatic rings. The van der Waals surface area contributed by atoms with Gasteiger partial charge in [0.25, 0.3) is 0 Å². The van der Waals surface area contributed by atoms with E-state index in [2.05, 4.69) is 53.6 Å². The summed E-state index contributed by atoms with van der Waals surface area (Å²) in [5, 5.41) is 26.7. The number of aliphatic hydroxyl groups excluding tert-OH is 2. The highest BCUT2D eigenvalue weighted by molar-refractivity contribution is 6.31. The van der Waals surface area contributed by atoms with E-state index in [0.717, 1.165) is 86.5 Å². The van der Waals surface area contributed by atoms with Gasteiger partial charge in [-0.2, -0.15) is 4.98 Å². The maximum atomic E-state index is 9.78. The molecule has 3 aromatic carbocycles. The van der Waals surface area contributed by atoms with E-state index in [1.165, 1.54) is 0 Å². The molecule has 0 aliphatic carbocycles. The van der Waals surface area contributed by atoms with Crippen molar-refractivity contribution >= 4 is 80.8 Å². The Morgan fingerprint density at radius 1 is 0.698 bits per heavy atom. The standard InChI is InChI=1S/C26H31ClN6O3.C11H9Cl2N3O/c1-31(24-14-20(27)3-2-19(24)18-34)25-4-5-28-26(30-25)29-21-15-22(32-6-10-35-11-7-32)17-23(16-21)33-8-12-36-13-9-33;12-8-2-1-7(6-17)9(5-8)15-10-3-4-14-11(13)16-10/h2-5,14-17,34H,6-13,18H2,1H3,(H,28,29,30);1-5,17H,6H2,(H,14,15,16). The molecule has 53 heavy (non-hydrogen) atoms. The molecule has 0 unspecified atom stereocenters. The normalized spacial score (nSPS) is 14.3. The first kappa shape index (κ1) is 38.3. The topological polar surface area (TPSA) is 144 Å². The van der Waals surface area contributed by atoms with Gasteiger partial charge in [-0.15, -0.1) is 0 Å². The van der Waals surface area contributed by atoms with Crippen molar-refractivity contribution in [3.63, 3.8) is 0 Å². The van der Waals surface area contributed by atoms with Crippen LogP contribution in [0.4, 0.5) is 46.0 Å². The monoisotopic (exact) mass is 779 g/mol. The molecule has 0 amide bonds. The average molecular weight is 781 g/mol. The average Bonchev–Trinajstić information content (AvgIpc) is 3.18. The number of hydrogen-bond donors (Lipinski definition) is 4. The van der Waals surface area contributed by atoms with Gasteiger partial charge in [-0.3, -0.25) is 0 Å². The summed E-state index contributed by atoms with van der Waals surface area (Å²) in [6.45, 7) is 6.14. The first-order valence-electron chi connectivity index (χ1n) is 17.0. The van der Waals surface area contributed by atoms with Crippen LogP contribution < -0.4 is 25.3 Å². The third kappa shape index (κ3) is 10.4. The Bertz CT molecular complexity index is 1940. The lowest BCUT2D eigenvalue weighted by molar-refractivity contribution is 0.122. The first-order chi connectivity index (χ1) is 25.8. The van der Waals surface area contributed by atoms with Gasteiger partial charge in [0.2, 0.25) is 11.2 Å². The molecule has 16 heteroatoms. The van der Waals surface area contributed by atoms with Crippen molar-refractivity contribution in [2.75, 3.05) is 85.0 Å². The van der Waals surface area contributed by atoms with Crippen LogP contribution in [0.5, 0.6) is 0 Å². The lowest BCUT2D eigenvalue weighted by Crippen LogP contribution is -2.38. The minimum absolute atomic E-state index is 0.0850. The summed E-state index contributed by atoms with van der Waals surface area (Å²) in [6, 6.07) is 20.6. The highest BCUT2D eigenvalue weighted by Crippen LogP contribution is 2.32. The van der Waals surface area contributed by atoms with E-state index in [9.17, 15) is 10.2 Å². The van der Waals surface area contributed by atoms with Crippen molar-refractivity contribution in [2.24, 2.45) is 0 Å². The molecule has 5 aromatic rings. The van der Waals surface area contributed by atoms with E-state index >= 15 is 0 Å². The van der Waals surface area contributed by atoms with Crippen LogP contribution in [-0.4, -0.2) is 89.8 Å². The number of rotatable bonds is 10. The van der Waals surface area contributed by atoms with Gasteiger partial charge >= 0.3 is 0 Å². The maximum absolute atomic E-state index is 9.78. The van der Waals surface area contributed by atoms with Gasteiger partial charge in [-0.1, -0.05) is 35.3 Å². The Labute approximate surface area is 323 Å². The Morgan fingerprint density at radius 3 is 1.92 bits per heavy atom. The minimum Gasteiger partial charge on any atom is -0.392 e. The molecular formula is C37H40Cl3N9O4. The lowest BCUT2D eigenvalue weighted by atomic mass is 10.1. The molecule has 4 N–H and O–H groups in total. The summed E-state index contributed by atoms with van der Waals surface area (Å²) in [6.07, 6.45) is 3.26. The van der Waals surface area contributed by atoms with Crippen molar-refractivity contribution in [1.82, 2.24) is 19.9 Å². The van der Waals surface area contributed by atoms with Gasteiger partial charge in [-0.05, 0) is 66.2 Å². The molecule has 0 bridgehead atoms.